The zero-order chi connectivity index (χ0) is 12.3. The number of nitrogens with zero attached hydrogens (tertiary/aromatic N) is 1. The SMILES string of the molecule is CCc1ccc(CN2CCC(C)(CNC)C2)s1. The topological polar surface area (TPSA) is 15.3 Å². The van der Waals surface area contributed by atoms with Gasteiger partial charge in [0.05, 0.1) is 0 Å². The largest absolute Gasteiger partial charge is 0.319 e. The maximum absolute atomic E-state index is 3.32. The summed E-state index contributed by atoms with van der Waals surface area (Å²) in [6.07, 6.45) is 2.49. The first-order valence-electron chi connectivity index (χ1n) is 6.60. The van der Waals surface area contributed by atoms with Gasteiger partial charge in [-0.15, -0.1) is 11.3 Å². The van der Waals surface area contributed by atoms with Gasteiger partial charge in [0, 0.05) is 29.4 Å². The third kappa shape index (κ3) is 3.30. The van der Waals surface area contributed by atoms with Gasteiger partial charge in [-0.3, -0.25) is 4.90 Å². The molecule has 1 aliphatic rings. The lowest BCUT2D eigenvalue weighted by Crippen LogP contribution is -2.32. The lowest BCUT2D eigenvalue weighted by molar-refractivity contribution is 0.267. The molecule has 1 aliphatic heterocycles. The molecular weight excluding hydrogens is 228 g/mol. The number of likely N-dealkylation sites (tertiary alicyclic amines) is 1. The Labute approximate surface area is 109 Å². The number of rotatable bonds is 5. The van der Waals surface area contributed by atoms with Crippen molar-refractivity contribution in [3.8, 4) is 0 Å². The lowest BCUT2D eigenvalue weighted by Gasteiger charge is -2.24. The minimum absolute atomic E-state index is 0.472. The van der Waals surface area contributed by atoms with Gasteiger partial charge in [-0.1, -0.05) is 13.8 Å². The second-order valence-electron chi connectivity index (χ2n) is 5.52. The molecule has 1 atom stereocenters. The van der Waals surface area contributed by atoms with Crippen LogP contribution in [0.5, 0.6) is 0 Å². The van der Waals surface area contributed by atoms with Crippen LogP contribution < -0.4 is 5.32 Å². The lowest BCUT2D eigenvalue weighted by atomic mass is 9.90. The van der Waals surface area contributed by atoms with Crippen LogP contribution in [-0.4, -0.2) is 31.6 Å². The summed E-state index contributed by atoms with van der Waals surface area (Å²) in [5.74, 6) is 0. The molecule has 0 aliphatic carbocycles. The quantitative estimate of drug-likeness (QED) is 0.867. The molecule has 1 saturated heterocycles. The van der Waals surface area contributed by atoms with Crippen molar-refractivity contribution in [3.05, 3.63) is 21.9 Å². The molecule has 96 valence electrons. The van der Waals surface area contributed by atoms with Crippen molar-refractivity contribution < 1.29 is 0 Å². The summed E-state index contributed by atoms with van der Waals surface area (Å²) in [5, 5.41) is 3.32. The molecule has 2 heterocycles. The van der Waals surface area contributed by atoms with Gasteiger partial charge >= 0.3 is 0 Å². The van der Waals surface area contributed by atoms with Gasteiger partial charge in [0.2, 0.25) is 0 Å². The van der Waals surface area contributed by atoms with Crippen molar-refractivity contribution in [1.29, 1.82) is 0 Å². The van der Waals surface area contributed by atoms with Crippen molar-refractivity contribution in [2.45, 2.75) is 33.2 Å². The Balaban J connectivity index is 1.89. The van der Waals surface area contributed by atoms with Gasteiger partial charge in [0.15, 0.2) is 0 Å². The average molecular weight is 252 g/mol. The fourth-order valence-electron chi connectivity index (χ4n) is 2.75. The van der Waals surface area contributed by atoms with Crippen LogP contribution in [0.1, 0.15) is 30.0 Å². The number of aryl methyl sites for hydroxylation is 1. The molecule has 0 radical (unpaired) electrons. The van der Waals surface area contributed by atoms with E-state index in [1.807, 2.05) is 11.3 Å². The Morgan fingerprint density at radius 3 is 2.82 bits per heavy atom. The third-order valence-electron chi connectivity index (χ3n) is 3.69. The van der Waals surface area contributed by atoms with Crippen LogP contribution in [0.4, 0.5) is 0 Å². The predicted octanol–water partition coefficient (Wildman–Crippen LogP) is 2.74. The first-order chi connectivity index (χ1) is 8.15. The zero-order valence-electron chi connectivity index (χ0n) is 11.3. The molecule has 2 rings (SSSR count). The van der Waals surface area contributed by atoms with Crippen LogP contribution in [0.3, 0.4) is 0 Å². The van der Waals surface area contributed by atoms with Crippen LogP contribution in [0.25, 0.3) is 0 Å². The smallest absolute Gasteiger partial charge is 0.0328 e. The normalized spacial score (nSPS) is 25.6. The van der Waals surface area contributed by atoms with E-state index in [1.54, 1.807) is 0 Å². The Kier molecular flexibility index (Phi) is 4.23. The minimum atomic E-state index is 0.472. The molecule has 0 saturated carbocycles. The number of hydrogen-bond donors (Lipinski definition) is 1. The van der Waals surface area contributed by atoms with Gasteiger partial charge in [0.1, 0.15) is 0 Å². The van der Waals surface area contributed by atoms with E-state index in [0.717, 1.165) is 13.1 Å². The molecule has 0 amide bonds. The van der Waals surface area contributed by atoms with E-state index < -0.39 is 0 Å². The molecule has 1 N–H and O–H groups in total. The standard InChI is InChI=1S/C14H24N2S/c1-4-12-5-6-13(17-12)9-16-8-7-14(2,11-16)10-15-3/h5-6,15H,4,7-11H2,1-3H3. The highest BCUT2D eigenvalue weighted by molar-refractivity contribution is 7.11. The van der Waals surface area contributed by atoms with Crippen molar-refractivity contribution in [3.63, 3.8) is 0 Å². The molecular formula is C14H24N2S. The Bertz CT molecular complexity index is 361. The first kappa shape index (κ1) is 13.1. The van der Waals surface area contributed by atoms with Crippen LogP contribution in [0.15, 0.2) is 12.1 Å². The maximum Gasteiger partial charge on any atom is 0.0328 e. The molecule has 1 aromatic heterocycles. The Hall–Kier alpha value is -0.380. The average Bonchev–Trinajstić information content (AvgIpc) is 2.87. The van der Waals surface area contributed by atoms with Crippen LogP contribution in [0.2, 0.25) is 0 Å². The summed E-state index contributed by atoms with van der Waals surface area (Å²) in [4.78, 5) is 5.63. The van der Waals surface area contributed by atoms with Gasteiger partial charge in [-0.25, -0.2) is 0 Å². The third-order valence-corrected chi connectivity index (χ3v) is 4.90. The van der Waals surface area contributed by atoms with E-state index in [-0.39, 0.29) is 0 Å². The Morgan fingerprint density at radius 1 is 1.41 bits per heavy atom. The monoisotopic (exact) mass is 252 g/mol. The summed E-state index contributed by atoms with van der Waals surface area (Å²) in [6, 6.07) is 4.58. The summed E-state index contributed by atoms with van der Waals surface area (Å²) in [7, 11) is 2.06. The molecule has 3 heteroatoms. The second-order valence-corrected chi connectivity index (χ2v) is 6.78. The summed E-state index contributed by atoms with van der Waals surface area (Å²) in [6.45, 7) is 9.38. The molecule has 0 spiro atoms. The van der Waals surface area contributed by atoms with E-state index in [9.17, 15) is 0 Å². The molecule has 0 bridgehead atoms. The summed E-state index contributed by atoms with van der Waals surface area (Å²) in [5.41, 5.74) is 0.472. The van der Waals surface area contributed by atoms with Crippen molar-refractivity contribution >= 4 is 11.3 Å². The molecule has 1 aromatic rings. The van der Waals surface area contributed by atoms with Gasteiger partial charge in [0.25, 0.3) is 0 Å². The van der Waals surface area contributed by atoms with Crippen molar-refractivity contribution in [2.75, 3.05) is 26.7 Å². The fraction of sp³-hybridized carbons (Fsp3) is 0.714. The molecule has 17 heavy (non-hydrogen) atoms. The van der Waals surface area contributed by atoms with E-state index >= 15 is 0 Å². The van der Waals surface area contributed by atoms with Crippen molar-refractivity contribution in [1.82, 2.24) is 10.2 Å². The highest BCUT2D eigenvalue weighted by atomic mass is 32.1. The minimum Gasteiger partial charge on any atom is -0.319 e. The maximum atomic E-state index is 3.32. The Morgan fingerprint density at radius 2 is 2.18 bits per heavy atom. The molecule has 0 aromatic carbocycles. The molecule has 1 unspecified atom stereocenters. The predicted molar refractivity (Wildman–Crippen MR) is 75.6 cm³/mol. The van der Waals surface area contributed by atoms with Crippen LogP contribution >= 0.6 is 11.3 Å². The number of thiophene rings is 1. The van der Waals surface area contributed by atoms with Gasteiger partial charge in [-0.2, -0.15) is 0 Å². The zero-order valence-corrected chi connectivity index (χ0v) is 12.1. The molecule has 2 nitrogen and oxygen atoms in total. The van der Waals surface area contributed by atoms with Crippen molar-refractivity contribution in [2.24, 2.45) is 5.41 Å². The molecule has 1 fully saturated rings. The highest BCUT2D eigenvalue weighted by Gasteiger charge is 2.32. The van der Waals surface area contributed by atoms with E-state index in [4.69, 9.17) is 0 Å². The summed E-state index contributed by atoms with van der Waals surface area (Å²) < 4.78 is 0. The second kappa shape index (κ2) is 5.51. The number of nitrogens with one attached hydrogen (secondary N) is 1. The first-order valence-corrected chi connectivity index (χ1v) is 7.41. The summed E-state index contributed by atoms with van der Waals surface area (Å²) >= 11 is 1.98. The van der Waals surface area contributed by atoms with Gasteiger partial charge in [-0.05, 0) is 44.0 Å². The van der Waals surface area contributed by atoms with Crippen LogP contribution in [-0.2, 0) is 13.0 Å². The van der Waals surface area contributed by atoms with E-state index in [1.165, 1.54) is 35.7 Å². The number of hydrogen-bond acceptors (Lipinski definition) is 3. The fourth-order valence-corrected chi connectivity index (χ4v) is 3.75. The van der Waals surface area contributed by atoms with Gasteiger partial charge < -0.3 is 5.32 Å². The van der Waals surface area contributed by atoms with E-state index in [2.05, 4.69) is 43.2 Å². The highest BCUT2D eigenvalue weighted by Crippen LogP contribution is 2.31. The van der Waals surface area contributed by atoms with E-state index in [0.29, 0.717) is 5.41 Å². The van der Waals surface area contributed by atoms with Crippen LogP contribution in [0, 0.1) is 5.41 Å².